The molecule has 1 aromatic carbocycles. The van der Waals surface area contributed by atoms with Gasteiger partial charge in [0.25, 0.3) is 5.91 Å². The lowest BCUT2D eigenvalue weighted by Crippen LogP contribution is -2.38. The zero-order valence-corrected chi connectivity index (χ0v) is 10.6. The van der Waals surface area contributed by atoms with Crippen LogP contribution in [0.15, 0.2) is 18.2 Å². The van der Waals surface area contributed by atoms with E-state index in [0.29, 0.717) is 11.3 Å². The van der Waals surface area contributed by atoms with E-state index in [2.05, 4.69) is 5.32 Å². The molecule has 1 amide bonds. The van der Waals surface area contributed by atoms with Crippen molar-refractivity contribution < 1.29 is 9.90 Å². The van der Waals surface area contributed by atoms with Gasteiger partial charge in [0.2, 0.25) is 0 Å². The van der Waals surface area contributed by atoms with Crippen molar-refractivity contribution in [3.63, 3.8) is 0 Å². The SMILES string of the molecule is Cc1cc(N)ccc1C(=O)NC1CCC(O)CC1. The van der Waals surface area contributed by atoms with Crippen LogP contribution in [0.4, 0.5) is 5.69 Å². The van der Waals surface area contributed by atoms with E-state index in [-0.39, 0.29) is 18.1 Å². The molecule has 4 heteroatoms. The Kier molecular flexibility index (Phi) is 3.87. The van der Waals surface area contributed by atoms with Gasteiger partial charge in [0.15, 0.2) is 0 Å². The molecule has 1 aliphatic carbocycles. The highest BCUT2D eigenvalue weighted by Gasteiger charge is 2.21. The van der Waals surface area contributed by atoms with Gasteiger partial charge in [-0.3, -0.25) is 4.79 Å². The first-order valence-corrected chi connectivity index (χ1v) is 6.41. The number of carbonyl (C=O) groups excluding carboxylic acids is 1. The van der Waals surface area contributed by atoms with E-state index in [0.717, 1.165) is 31.2 Å². The normalized spacial score (nSPS) is 23.7. The van der Waals surface area contributed by atoms with E-state index in [1.165, 1.54) is 0 Å². The quantitative estimate of drug-likeness (QED) is 0.696. The summed E-state index contributed by atoms with van der Waals surface area (Å²) in [5, 5.41) is 12.5. The monoisotopic (exact) mass is 248 g/mol. The summed E-state index contributed by atoms with van der Waals surface area (Å²) in [6, 6.07) is 5.49. The minimum Gasteiger partial charge on any atom is -0.399 e. The summed E-state index contributed by atoms with van der Waals surface area (Å²) < 4.78 is 0. The van der Waals surface area contributed by atoms with Crippen molar-refractivity contribution in [3.05, 3.63) is 29.3 Å². The molecule has 18 heavy (non-hydrogen) atoms. The predicted octanol–water partition coefficient (Wildman–Crippen LogP) is 1.61. The molecule has 0 saturated heterocycles. The highest BCUT2D eigenvalue weighted by Crippen LogP contribution is 2.19. The Morgan fingerprint density at radius 1 is 1.33 bits per heavy atom. The van der Waals surface area contributed by atoms with E-state index < -0.39 is 0 Å². The van der Waals surface area contributed by atoms with Crippen LogP contribution in [0.3, 0.4) is 0 Å². The first kappa shape index (κ1) is 12.9. The van der Waals surface area contributed by atoms with Crippen LogP contribution < -0.4 is 11.1 Å². The van der Waals surface area contributed by atoms with Crippen molar-refractivity contribution in [2.24, 2.45) is 0 Å². The van der Waals surface area contributed by atoms with Crippen molar-refractivity contribution in [3.8, 4) is 0 Å². The van der Waals surface area contributed by atoms with Crippen molar-refractivity contribution in [1.29, 1.82) is 0 Å². The van der Waals surface area contributed by atoms with Crippen LogP contribution in [0, 0.1) is 6.92 Å². The molecule has 0 bridgehead atoms. The van der Waals surface area contributed by atoms with Crippen molar-refractivity contribution >= 4 is 11.6 Å². The zero-order valence-electron chi connectivity index (χ0n) is 10.6. The number of carbonyl (C=O) groups is 1. The van der Waals surface area contributed by atoms with Crippen molar-refractivity contribution in [2.45, 2.75) is 44.8 Å². The van der Waals surface area contributed by atoms with Crippen LogP contribution in [0.25, 0.3) is 0 Å². The van der Waals surface area contributed by atoms with E-state index in [9.17, 15) is 9.90 Å². The summed E-state index contributed by atoms with van der Waals surface area (Å²) in [7, 11) is 0. The molecular weight excluding hydrogens is 228 g/mol. The molecule has 0 radical (unpaired) electrons. The maximum atomic E-state index is 12.1. The third-order valence-corrected chi connectivity index (χ3v) is 3.53. The van der Waals surface area contributed by atoms with E-state index in [1.54, 1.807) is 18.2 Å². The van der Waals surface area contributed by atoms with Gasteiger partial charge in [-0.05, 0) is 56.4 Å². The number of aliphatic hydroxyl groups excluding tert-OH is 1. The number of amides is 1. The third-order valence-electron chi connectivity index (χ3n) is 3.53. The smallest absolute Gasteiger partial charge is 0.251 e. The number of aryl methyl sites for hydroxylation is 1. The zero-order chi connectivity index (χ0) is 13.1. The minimum atomic E-state index is -0.198. The van der Waals surface area contributed by atoms with Gasteiger partial charge in [-0.1, -0.05) is 0 Å². The summed E-state index contributed by atoms with van der Waals surface area (Å²) in [5.74, 6) is -0.0473. The van der Waals surface area contributed by atoms with Crippen molar-refractivity contribution in [1.82, 2.24) is 5.32 Å². The minimum absolute atomic E-state index is 0.0473. The fourth-order valence-corrected chi connectivity index (χ4v) is 2.42. The predicted molar refractivity (Wildman–Crippen MR) is 71.3 cm³/mol. The number of hydrogen-bond donors (Lipinski definition) is 3. The summed E-state index contributed by atoms with van der Waals surface area (Å²) in [4.78, 5) is 12.1. The van der Waals surface area contributed by atoms with Gasteiger partial charge in [-0.25, -0.2) is 0 Å². The molecule has 1 aliphatic rings. The second-order valence-corrected chi connectivity index (χ2v) is 5.05. The highest BCUT2D eigenvalue weighted by molar-refractivity contribution is 5.96. The second-order valence-electron chi connectivity index (χ2n) is 5.05. The molecule has 2 rings (SSSR count). The number of rotatable bonds is 2. The largest absolute Gasteiger partial charge is 0.399 e. The topological polar surface area (TPSA) is 75.4 Å². The van der Waals surface area contributed by atoms with E-state index in [1.807, 2.05) is 6.92 Å². The Labute approximate surface area is 107 Å². The number of hydrogen-bond acceptors (Lipinski definition) is 3. The maximum absolute atomic E-state index is 12.1. The fraction of sp³-hybridized carbons (Fsp3) is 0.500. The summed E-state index contributed by atoms with van der Waals surface area (Å²) in [6.45, 7) is 1.88. The lowest BCUT2D eigenvalue weighted by molar-refractivity contribution is 0.0867. The molecule has 0 unspecified atom stereocenters. The molecule has 0 heterocycles. The summed E-state index contributed by atoms with van der Waals surface area (Å²) >= 11 is 0. The van der Waals surface area contributed by atoms with Gasteiger partial charge in [0.1, 0.15) is 0 Å². The number of anilines is 1. The molecule has 98 valence electrons. The number of aliphatic hydroxyl groups is 1. The van der Waals surface area contributed by atoms with Crippen LogP contribution in [0.1, 0.15) is 41.6 Å². The van der Waals surface area contributed by atoms with Crippen LogP contribution >= 0.6 is 0 Å². The molecule has 0 aliphatic heterocycles. The lowest BCUT2D eigenvalue weighted by atomic mass is 9.93. The van der Waals surface area contributed by atoms with Gasteiger partial charge < -0.3 is 16.2 Å². The average Bonchev–Trinajstić information content (AvgIpc) is 2.32. The van der Waals surface area contributed by atoms with Gasteiger partial charge in [0, 0.05) is 17.3 Å². The second kappa shape index (κ2) is 5.40. The molecule has 1 fully saturated rings. The van der Waals surface area contributed by atoms with E-state index in [4.69, 9.17) is 5.73 Å². The Morgan fingerprint density at radius 3 is 2.61 bits per heavy atom. The Morgan fingerprint density at radius 2 is 2.00 bits per heavy atom. The highest BCUT2D eigenvalue weighted by atomic mass is 16.3. The molecule has 0 atom stereocenters. The fourth-order valence-electron chi connectivity index (χ4n) is 2.42. The molecule has 4 N–H and O–H groups in total. The average molecular weight is 248 g/mol. The standard InChI is InChI=1S/C14H20N2O2/c1-9-8-10(15)2-7-13(9)14(18)16-11-3-5-12(17)6-4-11/h2,7-8,11-12,17H,3-6,15H2,1H3,(H,16,18). The van der Waals surface area contributed by atoms with Crippen LogP contribution in [-0.4, -0.2) is 23.2 Å². The summed E-state index contributed by atoms with van der Waals surface area (Å²) in [5.41, 5.74) is 7.91. The Hall–Kier alpha value is -1.55. The lowest BCUT2D eigenvalue weighted by Gasteiger charge is -2.26. The summed E-state index contributed by atoms with van der Waals surface area (Å²) in [6.07, 6.45) is 3.04. The van der Waals surface area contributed by atoms with Crippen LogP contribution in [-0.2, 0) is 0 Å². The Bertz CT molecular complexity index is 437. The first-order valence-electron chi connectivity index (χ1n) is 6.41. The van der Waals surface area contributed by atoms with E-state index >= 15 is 0 Å². The van der Waals surface area contributed by atoms with Crippen LogP contribution in [0.5, 0.6) is 0 Å². The molecule has 0 aromatic heterocycles. The number of nitrogens with one attached hydrogen (secondary N) is 1. The Balaban J connectivity index is 1.99. The first-order chi connectivity index (χ1) is 8.56. The van der Waals surface area contributed by atoms with Gasteiger partial charge >= 0.3 is 0 Å². The number of benzene rings is 1. The third kappa shape index (κ3) is 3.01. The van der Waals surface area contributed by atoms with Gasteiger partial charge in [-0.15, -0.1) is 0 Å². The molecular formula is C14H20N2O2. The van der Waals surface area contributed by atoms with Crippen molar-refractivity contribution in [2.75, 3.05) is 5.73 Å². The number of nitrogens with two attached hydrogens (primary N) is 1. The molecule has 0 spiro atoms. The molecule has 1 saturated carbocycles. The number of nitrogen functional groups attached to an aromatic ring is 1. The van der Waals surface area contributed by atoms with Crippen LogP contribution in [0.2, 0.25) is 0 Å². The molecule has 4 nitrogen and oxygen atoms in total. The molecule has 1 aromatic rings. The maximum Gasteiger partial charge on any atom is 0.251 e. The van der Waals surface area contributed by atoms with Gasteiger partial charge in [-0.2, -0.15) is 0 Å². The van der Waals surface area contributed by atoms with Gasteiger partial charge in [0.05, 0.1) is 6.10 Å².